The van der Waals surface area contributed by atoms with Gasteiger partial charge in [-0.1, -0.05) is 24.3 Å². The van der Waals surface area contributed by atoms with Crippen molar-refractivity contribution in [1.29, 1.82) is 0 Å². The van der Waals surface area contributed by atoms with E-state index in [-0.39, 0.29) is 0 Å². The fraction of sp³-hybridized carbons (Fsp3) is 0.333. The van der Waals surface area contributed by atoms with Gasteiger partial charge in [0, 0.05) is 30.0 Å². The Morgan fingerprint density at radius 1 is 0.926 bits per heavy atom. The van der Waals surface area contributed by atoms with E-state index in [1.165, 1.54) is 0 Å². The maximum Gasteiger partial charge on any atom is 0.430 e. The molecule has 3 N–H and O–H groups in total. The molecule has 0 bridgehead atoms. The Balaban J connectivity index is 1.85. The highest BCUT2D eigenvalue weighted by Crippen LogP contribution is 2.50. The number of benzene rings is 2. The van der Waals surface area contributed by atoms with Gasteiger partial charge in [-0.15, -0.1) is 0 Å². The summed E-state index contributed by atoms with van der Waals surface area (Å²) in [5, 5.41) is 9.41. The summed E-state index contributed by atoms with van der Waals surface area (Å²) in [4.78, 5) is 1.96. The molecule has 0 amide bonds. The summed E-state index contributed by atoms with van der Waals surface area (Å²) in [6.07, 6.45) is -11.0. The predicted octanol–water partition coefficient (Wildman–Crippen LogP) is 4.14. The van der Waals surface area contributed by atoms with Crippen molar-refractivity contribution < 1.29 is 31.4 Å². The standard InChI is InChI=1S/C18H16F6N2O/c19-17(20,21)16(27,18(22,23)24)13-3-1-11(2-4-13)10-26-8-7-12-9-14(25)5-6-15(12)26/h1-6,9,27H,7-8,10,25H2. The molecule has 0 unspecified atom stereocenters. The first-order valence-corrected chi connectivity index (χ1v) is 8.02. The molecular weight excluding hydrogens is 374 g/mol. The quantitative estimate of drug-likeness (QED) is 0.612. The van der Waals surface area contributed by atoms with Crippen LogP contribution in [0.1, 0.15) is 16.7 Å². The summed E-state index contributed by atoms with van der Waals surface area (Å²) < 4.78 is 77.5. The van der Waals surface area contributed by atoms with Crippen molar-refractivity contribution in [2.24, 2.45) is 0 Å². The predicted molar refractivity (Wildman–Crippen MR) is 88.1 cm³/mol. The van der Waals surface area contributed by atoms with Crippen molar-refractivity contribution in [2.45, 2.75) is 30.9 Å². The van der Waals surface area contributed by atoms with Crippen LogP contribution in [0.2, 0.25) is 0 Å². The third-order valence-electron chi connectivity index (χ3n) is 4.66. The smallest absolute Gasteiger partial charge is 0.399 e. The second kappa shape index (κ2) is 6.33. The molecule has 1 heterocycles. The average molecular weight is 390 g/mol. The Morgan fingerprint density at radius 3 is 2.07 bits per heavy atom. The lowest BCUT2D eigenvalue weighted by Crippen LogP contribution is -2.53. The topological polar surface area (TPSA) is 49.5 Å². The van der Waals surface area contributed by atoms with Gasteiger partial charge in [-0.25, -0.2) is 0 Å². The molecule has 2 aromatic rings. The maximum atomic E-state index is 12.9. The Hall–Kier alpha value is -2.42. The zero-order valence-corrected chi connectivity index (χ0v) is 13.9. The van der Waals surface area contributed by atoms with Crippen LogP contribution in [0.5, 0.6) is 0 Å². The number of hydrogen-bond donors (Lipinski definition) is 2. The van der Waals surface area contributed by atoms with Crippen molar-refractivity contribution in [3.8, 4) is 0 Å². The number of anilines is 2. The lowest BCUT2D eigenvalue weighted by atomic mass is 9.91. The number of fused-ring (bicyclic) bond motifs is 1. The lowest BCUT2D eigenvalue weighted by Gasteiger charge is -2.32. The van der Waals surface area contributed by atoms with E-state index in [1.807, 2.05) is 17.0 Å². The van der Waals surface area contributed by atoms with Gasteiger partial charge in [-0.3, -0.25) is 0 Å². The third kappa shape index (κ3) is 3.31. The van der Waals surface area contributed by atoms with Gasteiger partial charge < -0.3 is 15.7 Å². The molecule has 0 spiro atoms. The van der Waals surface area contributed by atoms with Crippen LogP contribution < -0.4 is 10.6 Å². The van der Waals surface area contributed by atoms with Crippen molar-refractivity contribution in [3.63, 3.8) is 0 Å². The average Bonchev–Trinajstić information content (AvgIpc) is 2.94. The highest BCUT2D eigenvalue weighted by Gasteiger charge is 2.71. The van der Waals surface area contributed by atoms with E-state index in [4.69, 9.17) is 5.73 Å². The summed E-state index contributed by atoms with van der Waals surface area (Å²) >= 11 is 0. The Morgan fingerprint density at radius 2 is 1.52 bits per heavy atom. The Kier molecular flexibility index (Phi) is 4.54. The molecule has 0 saturated heterocycles. The fourth-order valence-corrected chi connectivity index (χ4v) is 3.21. The first-order valence-electron chi connectivity index (χ1n) is 8.02. The number of nitrogens with two attached hydrogens (primary N) is 1. The second-order valence-corrected chi connectivity index (χ2v) is 6.46. The molecule has 0 saturated carbocycles. The van der Waals surface area contributed by atoms with Gasteiger partial charge in [0.15, 0.2) is 0 Å². The summed E-state index contributed by atoms with van der Waals surface area (Å²) in [7, 11) is 0. The summed E-state index contributed by atoms with van der Waals surface area (Å²) in [5.74, 6) is 0. The van der Waals surface area contributed by atoms with Crippen LogP contribution in [-0.4, -0.2) is 24.0 Å². The number of halogens is 6. The van der Waals surface area contributed by atoms with Gasteiger partial charge in [0.05, 0.1) is 0 Å². The van der Waals surface area contributed by atoms with Crippen molar-refractivity contribution in [2.75, 3.05) is 17.2 Å². The molecule has 0 aliphatic carbocycles. The van der Waals surface area contributed by atoms with Crippen LogP contribution >= 0.6 is 0 Å². The van der Waals surface area contributed by atoms with E-state index < -0.39 is 23.5 Å². The minimum Gasteiger partial charge on any atom is -0.399 e. The van der Waals surface area contributed by atoms with Crippen molar-refractivity contribution in [1.82, 2.24) is 0 Å². The SMILES string of the molecule is Nc1ccc2c(c1)CCN2Cc1ccc(C(O)(C(F)(F)F)C(F)(F)F)cc1. The Bertz CT molecular complexity index is 815. The first-order chi connectivity index (χ1) is 12.4. The number of hydrogen-bond acceptors (Lipinski definition) is 3. The van der Waals surface area contributed by atoms with Crippen LogP contribution in [0.3, 0.4) is 0 Å². The zero-order chi connectivity index (χ0) is 20.0. The largest absolute Gasteiger partial charge is 0.430 e. The van der Waals surface area contributed by atoms with Gasteiger partial charge >= 0.3 is 12.4 Å². The third-order valence-corrected chi connectivity index (χ3v) is 4.66. The molecule has 27 heavy (non-hydrogen) atoms. The minimum atomic E-state index is -5.89. The molecule has 0 atom stereocenters. The molecule has 0 aromatic heterocycles. The second-order valence-electron chi connectivity index (χ2n) is 6.46. The zero-order valence-electron chi connectivity index (χ0n) is 13.9. The molecular formula is C18H16F6N2O. The van der Waals surface area contributed by atoms with Crippen LogP contribution in [-0.2, 0) is 18.6 Å². The monoisotopic (exact) mass is 390 g/mol. The van der Waals surface area contributed by atoms with Gasteiger partial charge in [0.25, 0.3) is 5.60 Å². The molecule has 1 aliphatic rings. The molecule has 0 radical (unpaired) electrons. The van der Waals surface area contributed by atoms with Gasteiger partial charge in [-0.2, -0.15) is 26.3 Å². The first kappa shape index (κ1) is 19.3. The van der Waals surface area contributed by atoms with Gasteiger partial charge in [-0.05, 0) is 35.7 Å². The molecule has 2 aromatic carbocycles. The van der Waals surface area contributed by atoms with Gasteiger partial charge in [0.1, 0.15) is 0 Å². The molecule has 1 aliphatic heterocycles. The number of nitrogen functional groups attached to an aromatic ring is 1. The maximum absolute atomic E-state index is 12.9. The van der Waals surface area contributed by atoms with E-state index in [1.54, 1.807) is 6.07 Å². The van der Waals surface area contributed by atoms with Crippen LogP contribution in [0.4, 0.5) is 37.7 Å². The number of rotatable bonds is 3. The minimum absolute atomic E-state index is 0.313. The van der Waals surface area contributed by atoms with Crippen LogP contribution in [0.25, 0.3) is 0 Å². The van der Waals surface area contributed by atoms with E-state index >= 15 is 0 Å². The Labute approximate surface area is 151 Å². The molecule has 146 valence electrons. The van der Waals surface area contributed by atoms with Crippen LogP contribution in [0, 0.1) is 0 Å². The van der Waals surface area contributed by atoms with Gasteiger partial charge in [0.2, 0.25) is 0 Å². The van der Waals surface area contributed by atoms with E-state index in [0.29, 0.717) is 36.5 Å². The van der Waals surface area contributed by atoms with E-state index in [2.05, 4.69) is 0 Å². The molecule has 3 nitrogen and oxygen atoms in total. The van der Waals surface area contributed by atoms with E-state index in [0.717, 1.165) is 29.8 Å². The van der Waals surface area contributed by atoms with Crippen molar-refractivity contribution in [3.05, 3.63) is 59.2 Å². The highest BCUT2D eigenvalue weighted by atomic mass is 19.4. The number of aliphatic hydroxyl groups is 1. The number of nitrogens with zero attached hydrogens (tertiary/aromatic N) is 1. The number of alkyl halides is 6. The summed E-state index contributed by atoms with van der Waals surface area (Å²) in [5.41, 5.74) is 2.67. The highest BCUT2D eigenvalue weighted by molar-refractivity contribution is 5.63. The van der Waals surface area contributed by atoms with Crippen LogP contribution in [0.15, 0.2) is 42.5 Å². The summed E-state index contributed by atoms with van der Waals surface area (Å²) in [6, 6.07) is 9.04. The molecule has 3 rings (SSSR count). The fourth-order valence-electron chi connectivity index (χ4n) is 3.21. The van der Waals surface area contributed by atoms with E-state index in [9.17, 15) is 31.4 Å². The normalized spacial score (nSPS) is 15.1. The molecule has 0 fully saturated rings. The molecule has 9 heteroatoms. The van der Waals surface area contributed by atoms with Crippen molar-refractivity contribution >= 4 is 11.4 Å². The summed E-state index contributed by atoms with van der Waals surface area (Å²) in [6.45, 7) is 0.975. The lowest BCUT2D eigenvalue weighted by molar-refractivity contribution is -0.376.